The second-order valence-corrected chi connectivity index (χ2v) is 8.00. The lowest BCUT2D eigenvalue weighted by atomic mass is 9.89. The quantitative estimate of drug-likeness (QED) is 0.0614. The zero-order valence-electron chi connectivity index (χ0n) is 19.3. The summed E-state index contributed by atoms with van der Waals surface area (Å²) in [6, 6.07) is 14.0. The van der Waals surface area contributed by atoms with E-state index in [4.69, 9.17) is 21.1 Å². The lowest BCUT2D eigenvalue weighted by Gasteiger charge is -2.17. The van der Waals surface area contributed by atoms with E-state index in [0.29, 0.717) is 39.1 Å². The van der Waals surface area contributed by atoms with Crippen molar-refractivity contribution in [3.63, 3.8) is 0 Å². The van der Waals surface area contributed by atoms with Gasteiger partial charge in [-0.3, -0.25) is 9.59 Å². The topological polar surface area (TPSA) is 207 Å². The number of nitrogen functional groups attached to an aromatic ring is 1. The van der Waals surface area contributed by atoms with Crippen molar-refractivity contribution in [2.24, 2.45) is 5.11 Å². The van der Waals surface area contributed by atoms with Gasteiger partial charge in [0.2, 0.25) is 5.91 Å². The number of carbonyl (C=O) groups excluding carboxylic acids is 2. The average molecular weight is 499 g/mol. The summed E-state index contributed by atoms with van der Waals surface area (Å²) in [6.07, 6.45) is 0. The summed E-state index contributed by atoms with van der Waals surface area (Å²) in [5.41, 5.74) is 16.4. The fourth-order valence-electron chi connectivity index (χ4n) is 3.89. The van der Waals surface area contributed by atoms with E-state index in [1.54, 1.807) is 30.3 Å². The number of carboxylic acids is 1. The minimum absolute atomic E-state index is 0.0509. The van der Waals surface area contributed by atoms with E-state index in [1.807, 2.05) is 0 Å². The van der Waals surface area contributed by atoms with Gasteiger partial charge in [-0.2, -0.15) is 0 Å². The van der Waals surface area contributed by atoms with Gasteiger partial charge in [0.15, 0.2) is 0 Å². The van der Waals surface area contributed by atoms with E-state index < -0.39 is 17.8 Å². The van der Waals surface area contributed by atoms with Gasteiger partial charge in [0.1, 0.15) is 11.3 Å². The number of nitrogens with two attached hydrogens (primary N) is 1. The number of carbonyl (C=O) groups is 3. The van der Waals surface area contributed by atoms with Crippen molar-refractivity contribution >= 4 is 34.4 Å². The first-order chi connectivity index (χ1) is 17.8. The Kier molecular flexibility index (Phi) is 7.03. The molecule has 1 heterocycles. The van der Waals surface area contributed by atoms with Crippen molar-refractivity contribution in [2.45, 2.75) is 0 Å². The third-order valence-corrected chi connectivity index (χ3v) is 5.53. The normalized spacial score (nSPS) is 10.6. The van der Waals surface area contributed by atoms with Crippen LogP contribution < -0.4 is 21.7 Å². The molecule has 0 radical (unpaired) electrons. The van der Waals surface area contributed by atoms with E-state index >= 15 is 0 Å². The van der Waals surface area contributed by atoms with Gasteiger partial charge in [0.05, 0.1) is 17.5 Å². The number of carboxylic acid groups (broad SMARTS) is 1. The number of azide groups is 1. The van der Waals surface area contributed by atoms with Crippen LogP contribution in [0.2, 0.25) is 0 Å². The van der Waals surface area contributed by atoms with Crippen molar-refractivity contribution in [1.29, 1.82) is 5.41 Å². The summed E-state index contributed by atoms with van der Waals surface area (Å²) in [4.78, 5) is 39.4. The minimum Gasteiger partial charge on any atom is -0.478 e. The second kappa shape index (κ2) is 10.5. The molecule has 0 fully saturated rings. The Bertz CT molecular complexity index is 1620. The standard InChI is InChI=1S/C25H21N7O5/c26-14-2-5-17-20(10-14)37-21-11-15(27)3-6-18(21)23(17)16-4-1-13(9-19(16)25(35)36)24(34)30-12-22(33)29-7-8-31-32-28/h1-6,9-11,26H,7-8,12,27H2,(H,29,33)(H,30,34)(H,35,36). The van der Waals surface area contributed by atoms with Crippen molar-refractivity contribution in [2.75, 3.05) is 25.4 Å². The molecule has 0 saturated heterocycles. The van der Waals surface area contributed by atoms with E-state index in [0.717, 1.165) is 0 Å². The maximum atomic E-state index is 12.6. The van der Waals surface area contributed by atoms with Gasteiger partial charge in [-0.1, -0.05) is 11.2 Å². The molecule has 0 aromatic heterocycles. The first-order valence-electron chi connectivity index (χ1n) is 11.0. The third kappa shape index (κ3) is 5.34. The molecular weight excluding hydrogens is 478 g/mol. The number of nitrogens with one attached hydrogen (secondary N) is 3. The van der Waals surface area contributed by atoms with Gasteiger partial charge >= 0.3 is 5.97 Å². The van der Waals surface area contributed by atoms with Crippen LogP contribution in [-0.2, 0) is 4.79 Å². The molecule has 37 heavy (non-hydrogen) atoms. The second-order valence-electron chi connectivity index (χ2n) is 8.00. The Hall–Kier alpha value is -5.35. The largest absolute Gasteiger partial charge is 0.478 e. The number of hydrogen-bond donors (Lipinski definition) is 5. The fourth-order valence-corrected chi connectivity index (χ4v) is 3.89. The highest BCUT2D eigenvalue weighted by atomic mass is 16.4. The lowest BCUT2D eigenvalue weighted by Crippen LogP contribution is -2.37. The zero-order valence-corrected chi connectivity index (χ0v) is 19.3. The van der Waals surface area contributed by atoms with Crippen LogP contribution in [0.25, 0.3) is 43.9 Å². The van der Waals surface area contributed by atoms with Crippen LogP contribution in [0.5, 0.6) is 0 Å². The highest BCUT2D eigenvalue weighted by Crippen LogP contribution is 2.41. The smallest absolute Gasteiger partial charge is 0.336 e. The Morgan fingerprint density at radius 2 is 1.84 bits per heavy atom. The molecule has 0 spiro atoms. The molecule has 0 atom stereocenters. The summed E-state index contributed by atoms with van der Waals surface area (Å²) in [6.45, 7) is -0.147. The summed E-state index contributed by atoms with van der Waals surface area (Å²) in [5.74, 6) is -2.00. The summed E-state index contributed by atoms with van der Waals surface area (Å²) >= 11 is 0. The first-order valence-corrected chi connectivity index (χ1v) is 11.0. The van der Waals surface area contributed by atoms with E-state index in [1.165, 1.54) is 24.3 Å². The van der Waals surface area contributed by atoms with Crippen molar-refractivity contribution in [1.82, 2.24) is 10.6 Å². The SMILES string of the molecule is [N-]=[N+]=NCCNC(=O)CNC(=O)c1ccc(-c2c3ccc(=N)cc-3oc3cc(N)ccc23)c(C(=O)O)c1. The molecule has 0 unspecified atom stereocenters. The zero-order chi connectivity index (χ0) is 26.5. The number of benzene rings is 3. The first kappa shape index (κ1) is 24.8. The van der Waals surface area contributed by atoms with Gasteiger partial charge < -0.3 is 31.3 Å². The van der Waals surface area contributed by atoms with Gasteiger partial charge in [-0.15, -0.1) is 0 Å². The van der Waals surface area contributed by atoms with Gasteiger partial charge in [0.25, 0.3) is 5.91 Å². The molecule has 1 aliphatic carbocycles. The van der Waals surface area contributed by atoms with Crippen LogP contribution in [0.4, 0.5) is 5.69 Å². The highest BCUT2D eigenvalue weighted by molar-refractivity contribution is 6.09. The molecule has 186 valence electrons. The number of aromatic carboxylic acids is 1. The Morgan fingerprint density at radius 3 is 2.59 bits per heavy atom. The molecular formula is C25H21N7O5. The van der Waals surface area contributed by atoms with Gasteiger partial charge in [-0.25, -0.2) is 4.79 Å². The molecule has 2 aromatic rings. The van der Waals surface area contributed by atoms with Gasteiger partial charge in [-0.05, 0) is 47.5 Å². The van der Waals surface area contributed by atoms with Crippen molar-refractivity contribution in [3.8, 4) is 22.5 Å². The number of fused-ring (bicyclic) bond motifs is 2. The molecule has 2 aliphatic rings. The number of nitrogens with zero attached hydrogens (tertiary/aromatic N) is 3. The maximum absolute atomic E-state index is 12.6. The van der Waals surface area contributed by atoms with Crippen LogP contribution in [0.3, 0.4) is 0 Å². The van der Waals surface area contributed by atoms with Crippen molar-refractivity contribution in [3.05, 3.63) is 81.5 Å². The maximum Gasteiger partial charge on any atom is 0.336 e. The number of amides is 2. The van der Waals surface area contributed by atoms with Crippen LogP contribution in [0.1, 0.15) is 20.7 Å². The van der Waals surface area contributed by atoms with Crippen LogP contribution >= 0.6 is 0 Å². The highest BCUT2D eigenvalue weighted by Gasteiger charge is 2.23. The summed E-state index contributed by atoms with van der Waals surface area (Å²) in [7, 11) is 0. The summed E-state index contributed by atoms with van der Waals surface area (Å²) < 4.78 is 5.96. The lowest BCUT2D eigenvalue weighted by molar-refractivity contribution is -0.120. The molecule has 6 N–H and O–H groups in total. The Balaban J connectivity index is 1.72. The fraction of sp³-hybridized carbons (Fsp3) is 0.120. The molecule has 0 saturated carbocycles. The monoisotopic (exact) mass is 499 g/mol. The number of anilines is 1. The van der Waals surface area contributed by atoms with Crippen LogP contribution in [0.15, 0.2) is 64.1 Å². The van der Waals surface area contributed by atoms with Crippen LogP contribution in [-0.4, -0.2) is 42.5 Å². The van der Waals surface area contributed by atoms with Crippen LogP contribution in [0, 0.1) is 5.41 Å². The van der Waals surface area contributed by atoms with Gasteiger partial charge in [0, 0.05) is 57.9 Å². The van der Waals surface area contributed by atoms with Crippen molar-refractivity contribution < 1.29 is 23.9 Å². The predicted octanol–water partition coefficient (Wildman–Crippen LogP) is 3.12. The Labute approximate surface area is 209 Å². The molecule has 12 nitrogen and oxygen atoms in total. The molecule has 4 rings (SSSR count). The third-order valence-electron chi connectivity index (χ3n) is 5.53. The van der Waals surface area contributed by atoms with E-state index in [2.05, 4.69) is 20.7 Å². The molecule has 0 bridgehead atoms. The predicted molar refractivity (Wildman–Crippen MR) is 135 cm³/mol. The average Bonchev–Trinajstić information content (AvgIpc) is 2.87. The minimum atomic E-state index is -1.25. The molecule has 12 heteroatoms. The number of rotatable bonds is 8. The molecule has 2 amide bonds. The van der Waals surface area contributed by atoms with E-state index in [-0.39, 0.29) is 36.1 Å². The molecule has 2 aromatic carbocycles. The summed E-state index contributed by atoms with van der Waals surface area (Å²) in [5, 5.41) is 27.0. The van der Waals surface area contributed by atoms with E-state index in [9.17, 15) is 19.5 Å². The number of hydrogen-bond acceptors (Lipinski definition) is 7. The molecule has 1 aliphatic heterocycles. The Morgan fingerprint density at radius 1 is 1.05 bits per heavy atom.